The van der Waals surface area contributed by atoms with E-state index in [0.29, 0.717) is 19.3 Å². The van der Waals surface area contributed by atoms with Crippen molar-refractivity contribution in [2.45, 2.75) is 63.3 Å². The van der Waals surface area contributed by atoms with Gasteiger partial charge in [-0.15, -0.1) is 0 Å². The van der Waals surface area contributed by atoms with Crippen molar-refractivity contribution in [3.63, 3.8) is 0 Å². The molecule has 0 atom stereocenters. The number of nitrogens with one attached hydrogen (secondary N) is 1. The Morgan fingerprint density at radius 1 is 1.12 bits per heavy atom. The van der Waals surface area contributed by atoms with E-state index in [-0.39, 0.29) is 5.91 Å². The first-order chi connectivity index (χ1) is 11.6. The van der Waals surface area contributed by atoms with Gasteiger partial charge in [0.25, 0.3) is 0 Å². The van der Waals surface area contributed by atoms with Crippen molar-refractivity contribution in [3.8, 4) is 5.75 Å². The third-order valence-corrected chi connectivity index (χ3v) is 4.77. The number of carbonyl (C=O) groups is 2. The van der Waals surface area contributed by atoms with E-state index in [0.717, 1.165) is 44.3 Å². The lowest BCUT2D eigenvalue weighted by molar-refractivity contribution is -0.147. The van der Waals surface area contributed by atoms with Crippen molar-refractivity contribution >= 4 is 11.9 Å². The van der Waals surface area contributed by atoms with Crippen LogP contribution in [-0.2, 0) is 16.0 Å². The molecule has 1 amide bonds. The molecule has 1 aromatic rings. The molecule has 1 saturated carbocycles. The van der Waals surface area contributed by atoms with Crippen LogP contribution in [0.5, 0.6) is 5.75 Å². The van der Waals surface area contributed by atoms with Crippen molar-refractivity contribution in [1.29, 1.82) is 0 Å². The second-order valence-corrected chi connectivity index (χ2v) is 6.55. The quantitative estimate of drug-likeness (QED) is 0.680. The van der Waals surface area contributed by atoms with Crippen LogP contribution in [0.25, 0.3) is 0 Å². The summed E-state index contributed by atoms with van der Waals surface area (Å²) in [7, 11) is 1.65. The highest BCUT2D eigenvalue weighted by atomic mass is 16.5. The van der Waals surface area contributed by atoms with Crippen molar-refractivity contribution in [1.82, 2.24) is 5.32 Å². The third-order valence-electron chi connectivity index (χ3n) is 4.77. The molecular weight excluding hydrogens is 306 g/mol. The van der Waals surface area contributed by atoms with Gasteiger partial charge in [-0.05, 0) is 49.8 Å². The van der Waals surface area contributed by atoms with Gasteiger partial charge in [0.15, 0.2) is 0 Å². The zero-order chi connectivity index (χ0) is 17.4. The van der Waals surface area contributed by atoms with Gasteiger partial charge in [-0.25, -0.2) is 4.79 Å². The molecule has 1 aliphatic rings. The van der Waals surface area contributed by atoms with Gasteiger partial charge in [0.2, 0.25) is 5.91 Å². The molecule has 1 aromatic carbocycles. The molecule has 132 valence electrons. The lowest BCUT2D eigenvalue weighted by Crippen LogP contribution is -2.52. The number of amides is 1. The van der Waals surface area contributed by atoms with Gasteiger partial charge in [-0.1, -0.05) is 31.4 Å². The standard InChI is InChI=1S/C19H27NO4/c1-24-16-11-9-15(10-12-16)7-3-2-4-8-17(21)20-19(18(22)23)13-5-6-14-19/h9-12H,2-8,13-14H2,1H3,(H,20,21)(H,22,23). The third kappa shape index (κ3) is 4.98. The average Bonchev–Trinajstić information content (AvgIpc) is 3.05. The summed E-state index contributed by atoms with van der Waals surface area (Å²) in [5.41, 5.74) is 0.247. The maximum atomic E-state index is 12.0. The van der Waals surface area contributed by atoms with E-state index in [2.05, 4.69) is 17.4 Å². The predicted octanol–water partition coefficient (Wildman–Crippen LogP) is 3.31. The zero-order valence-electron chi connectivity index (χ0n) is 14.3. The summed E-state index contributed by atoms with van der Waals surface area (Å²) in [5, 5.41) is 12.1. The highest BCUT2D eigenvalue weighted by Gasteiger charge is 2.42. The van der Waals surface area contributed by atoms with Gasteiger partial charge in [-0.2, -0.15) is 0 Å². The van der Waals surface area contributed by atoms with Crippen LogP contribution in [0.15, 0.2) is 24.3 Å². The second-order valence-electron chi connectivity index (χ2n) is 6.55. The van der Waals surface area contributed by atoms with Gasteiger partial charge >= 0.3 is 5.97 Å². The molecule has 0 unspecified atom stereocenters. The van der Waals surface area contributed by atoms with Crippen LogP contribution in [0.4, 0.5) is 0 Å². The largest absolute Gasteiger partial charge is 0.497 e. The van der Waals surface area contributed by atoms with Crippen LogP contribution in [0.3, 0.4) is 0 Å². The first kappa shape index (κ1) is 18.3. The summed E-state index contributed by atoms with van der Waals surface area (Å²) in [6.45, 7) is 0. The topological polar surface area (TPSA) is 75.6 Å². The Morgan fingerprint density at radius 2 is 1.79 bits per heavy atom. The maximum absolute atomic E-state index is 12.0. The number of unbranched alkanes of at least 4 members (excludes halogenated alkanes) is 2. The molecule has 5 heteroatoms. The van der Waals surface area contributed by atoms with E-state index in [1.54, 1.807) is 7.11 Å². The van der Waals surface area contributed by atoms with Crippen molar-refractivity contribution < 1.29 is 19.4 Å². The molecule has 5 nitrogen and oxygen atoms in total. The summed E-state index contributed by atoms with van der Waals surface area (Å²) in [6.07, 6.45) is 6.98. The summed E-state index contributed by atoms with van der Waals surface area (Å²) < 4.78 is 5.13. The number of carbonyl (C=O) groups excluding carboxylic acids is 1. The van der Waals surface area contributed by atoms with Crippen molar-refractivity contribution in [2.75, 3.05) is 7.11 Å². The summed E-state index contributed by atoms with van der Waals surface area (Å²) in [5.74, 6) is -0.175. The fraction of sp³-hybridized carbons (Fsp3) is 0.579. The monoisotopic (exact) mass is 333 g/mol. The van der Waals surface area contributed by atoms with Gasteiger partial charge < -0.3 is 15.2 Å². The van der Waals surface area contributed by atoms with Crippen LogP contribution in [0.1, 0.15) is 56.9 Å². The molecule has 0 saturated heterocycles. The number of aliphatic carboxylic acids is 1. The predicted molar refractivity (Wildman–Crippen MR) is 92.1 cm³/mol. The smallest absolute Gasteiger partial charge is 0.329 e. The van der Waals surface area contributed by atoms with Crippen LogP contribution in [0, 0.1) is 0 Å². The van der Waals surface area contributed by atoms with E-state index < -0.39 is 11.5 Å². The molecule has 0 bridgehead atoms. The first-order valence-corrected chi connectivity index (χ1v) is 8.73. The van der Waals surface area contributed by atoms with Gasteiger partial charge in [0.1, 0.15) is 11.3 Å². The molecule has 0 aromatic heterocycles. The first-order valence-electron chi connectivity index (χ1n) is 8.73. The summed E-state index contributed by atoms with van der Waals surface area (Å²) in [4.78, 5) is 23.4. The molecule has 0 aliphatic heterocycles. The minimum absolute atomic E-state index is 0.135. The van der Waals surface area contributed by atoms with E-state index in [4.69, 9.17) is 4.74 Å². The van der Waals surface area contributed by atoms with E-state index in [1.807, 2.05) is 12.1 Å². The lowest BCUT2D eigenvalue weighted by Gasteiger charge is -2.25. The van der Waals surface area contributed by atoms with E-state index in [1.165, 1.54) is 5.56 Å². The lowest BCUT2D eigenvalue weighted by atomic mass is 9.97. The Hall–Kier alpha value is -2.04. The Bertz CT molecular complexity index is 547. The summed E-state index contributed by atoms with van der Waals surface area (Å²) in [6, 6.07) is 8.02. The molecule has 1 fully saturated rings. The van der Waals surface area contributed by atoms with Gasteiger partial charge in [0, 0.05) is 6.42 Å². The van der Waals surface area contributed by atoms with Crippen LogP contribution in [0.2, 0.25) is 0 Å². The van der Waals surface area contributed by atoms with Gasteiger partial charge in [-0.3, -0.25) is 4.79 Å². The molecule has 1 aliphatic carbocycles. The Kier molecular flexibility index (Phi) is 6.64. The van der Waals surface area contributed by atoms with E-state index in [9.17, 15) is 14.7 Å². The highest BCUT2D eigenvalue weighted by Crippen LogP contribution is 2.30. The Balaban J connectivity index is 1.64. The number of methoxy groups -OCH3 is 1. The van der Waals surface area contributed by atoms with Crippen LogP contribution in [-0.4, -0.2) is 29.6 Å². The summed E-state index contributed by atoms with van der Waals surface area (Å²) >= 11 is 0. The number of aryl methyl sites for hydroxylation is 1. The molecular formula is C19H27NO4. The Labute approximate surface area is 143 Å². The van der Waals surface area contributed by atoms with Gasteiger partial charge in [0.05, 0.1) is 7.11 Å². The maximum Gasteiger partial charge on any atom is 0.329 e. The molecule has 0 spiro atoms. The number of hydrogen-bond donors (Lipinski definition) is 2. The number of benzene rings is 1. The Morgan fingerprint density at radius 3 is 2.38 bits per heavy atom. The zero-order valence-corrected chi connectivity index (χ0v) is 14.3. The molecule has 24 heavy (non-hydrogen) atoms. The number of hydrogen-bond acceptors (Lipinski definition) is 3. The SMILES string of the molecule is COc1ccc(CCCCCC(=O)NC2(C(=O)O)CCCC2)cc1. The van der Waals surface area contributed by atoms with E-state index >= 15 is 0 Å². The highest BCUT2D eigenvalue weighted by molar-refractivity contribution is 5.87. The molecule has 0 radical (unpaired) electrons. The number of ether oxygens (including phenoxy) is 1. The number of carboxylic acid groups (broad SMARTS) is 1. The molecule has 0 heterocycles. The minimum Gasteiger partial charge on any atom is -0.497 e. The number of carboxylic acids is 1. The number of rotatable bonds is 9. The minimum atomic E-state index is -1.01. The second kappa shape index (κ2) is 8.71. The van der Waals surface area contributed by atoms with Crippen molar-refractivity contribution in [2.24, 2.45) is 0 Å². The molecule has 2 N–H and O–H groups in total. The van der Waals surface area contributed by atoms with Crippen LogP contribution >= 0.6 is 0 Å². The van der Waals surface area contributed by atoms with Crippen LogP contribution < -0.4 is 10.1 Å². The fourth-order valence-corrected chi connectivity index (χ4v) is 3.28. The normalized spacial score (nSPS) is 15.9. The fourth-order valence-electron chi connectivity index (χ4n) is 3.28. The van der Waals surface area contributed by atoms with Crippen molar-refractivity contribution in [3.05, 3.63) is 29.8 Å². The molecule has 2 rings (SSSR count). The average molecular weight is 333 g/mol.